The molecule has 0 saturated heterocycles. The van der Waals surface area contributed by atoms with Crippen LogP contribution < -0.4 is 0 Å². The molecule has 1 N–H and O–H groups in total. The Morgan fingerprint density at radius 2 is 2.05 bits per heavy atom. The van der Waals surface area contributed by atoms with Gasteiger partial charge in [-0.3, -0.25) is 0 Å². The van der Waals surface area contributed by atoms with E-state index in [2.05, 4.69) is 9.97 Å². The van der Waals surface area contributed by atoms with Crippen LogP contribution in [0.1, 0.15) is 54.5 Å². The van der Waals surface area contributed by atoms with Gasteiger partial charge in [-0.25, -0.2) is 14.8 Å². The van der Waals surface area contributed by atoms with Gasteiger partial charge in [-0.15, -0.1) is 11.8 Å². The SMILES string of the molecule is CCc1nc(C)c(C(=O)O)c(SCC2CCCC2)n1. The zero-order valence-corrected chi connectivity index (χ0v) is 12.3. The van der Waals surface area contributed by atoms with Gasteiger partial charge < -0.3 is 5.11 Å². The molecule has 0 bridgehead atoms. The van der Waals surface area contributed by atoms with Crippen LogP contribution in [0.3, 0.4) is 0 Å². The lowest BCUT2D eigenvalue weighted by Crippen LogP contribution is -2.10. The molecular formula is C14H20N2O2S. The molecule has 5 heteroatoms. The number of rotatable bonds is 5. The van der Waals surface area contributed by atoms with Crippen LogP contribution in [0, 0.1) is 12.8 Å². The second-order valence-electron chi connectivity index (χ2n) is 5.03. The fourth-order valence-corrected chi connectivity index (χ4v) is 3.76. The van der Waals surface area contributed by atoms with E-state index in [-0.39, 0.29) is 5.56 Å². The predicted octanol–water partition coefficient (Wildman–Crippen LogP) is 3.33. The van der Waals surface area contributed by atoms with Crippen molar-refractivity contribution in [1.29, 1.82) is 0 Å². The molecule has 104 valence electrons. The molecule has 1 aromatic rings. The molecule has 0 spiro atoms. The van der Waals surface area contributed by atoms with Crippen LogP contribution in [-0.4, -0.2) is 26.8 Å². The summed E-state index contributed by atoms with van der Waals surface area (Å²) in [4.78, 5) is 20.0. The third-order valence-corrected chi connectivity index (χ3v) is 4.77. The van der Waals surface area contributed by atoms with Crippen LogP contribution >= 0.6 is 11.8 Å². The Morgan fingerprint density at radius 3 is 2.63 bits per heavy atom. The van der Waals surface area contributed by atoms with E-state index >= 15 is 0 Å². The number of hydrogen-bond acceptors (Lipinski definition) is 4. The Kier molecular flexibility index (Phi) is 4.80. The molecule has 0 aliphatic heterocycles. The Balaban J connectivity index is 2.20. The number of carboxylic acid groups (broad SMARTS) is 1. The van der Waals surface area contributed by atoms with E-state index in [4.69, 9.17) is 0 Å². The van der Waals surface area contributed by atoms with Gasteiger partial charge in [-0.2, -0.15) is 0 Å². The molecule has 0 atom stereocenters. The van der Waals surface area contributed by atoms with Crippen molar-refractivity contribution in [3.8, 4) is 0 Å². The van der Waals surface area contributed by atoms with Crippen LogP contribution in [0.2, 0.25) is 0 Å². The average Bonchev–Trinajstić information content (AvgIpc) is 2.88. The molecule has 4 nitrogen and oxygen atoms in total. The lowest BCUT2D eigenvalue weighted by Gasteiger charge is -2.12. The first kappa shape index (κ1) is 14.3. The van der Waals surface area contributed by atoms with E-state index < -0.39 is 5.97 Å². The topological polar surface area (TPSA) is 63.1 Å². The van der Waals surface area contributed by atoms with E-state index in [1.807, 2.05) is 6.92 Å². The molecule has 1 saturated carbocycles. The van der Waals surface area contributed by atoms with Gasteiger partial charge in [0.2, 0.25) is 0 Å². The van der Waals surface area contributed by atoms with E-state index in [1.54, 1.807) is 18.7 Å². The Hall–Kier alpha value is -1.10. The van der Waals surface area contributed by atoms with E-state index in [1.165, 1.54) is 25.7 Å². The summed E-state index contributed by atoms with van der Waals surface area (Å²) in [5.41, 5.74) is 0.855. The Morgan fingerprint density at radius 1 is 1.37 bits per heavy atom. The highest BCUT2D eigenvalue weighted by Gasteiger charge is 2.21. The maximum Gasteiger partial charge on any atom is 0.340 e. The summed E-state index contributed by atoms with van der Waals surface area (Å²) in [6.45, 7) is 3.74. The van der Waals surface area contributed by atoms with Crippen molar-refractivity contribution in [3.05, 3.63) is 17.1 Å². The maximum absolute atomic E-state index is 11.3. The Labute approximate surface area is 118 Å². The molecule has 0 radical (unpaired) electrons. The van der Waals surface area contributed by atoms with Gasteiger partial charge >= 0.3 is 5.97 Å². The van der Waals surface area contributed by atoms with Gasteiger partial charge in [0.15, 0.2) is 0 Å². The summed E-state index contributed by atoms with van der Waals surface area (Å²) in [7, 11) is 0. The molecule has 2 rings (SSSR count). The van der Waals surface area contributed by atoms with Crippen molar-refractivity contribution in [3.63, 3.8) is 0 Å². The van der Waals surface area contributed by atoms with Gasteiger partial charge in [-0.1, -0.05) is 19.8 Å². The number of carbonyl (C=O) groups is 1. The van der Waals surface area contributed by atoms with Crippen molar-refractivity contribution in [2.75, 3.05) is 5.75 Å². The fourth-order valence-electron chi connectivity index (χ4n) is 2.48. The highest BCUT2D eigenvalue weighted by Crippen LogP contribution is 2.32. The molecule has 19 heavy (non-hydrogen) atoms. The van der Waals surface area contributed by atoms with Crippen molar-refractivity contribution in [2.45, 2.75) is 51.0 Å². The summed E-state index contributed by atoms with van der Waals surface area (Å²) in [6.07, 6.45) is 5.87. The molecular weight excluding hydrogens is 260 g/mol. The second kappa shape index (κ2) is 6.37. The first-order chi connectivity index (χ1) is 9.11. The number of aromatic nitrogens is 2. The highest BCUT2D eigenvalue weighted by molar-refractivity contribution is 7.99. The quantitative estimate of drug-likeness (QED) is 0.662. The highest BCUT2D eigenvalue weighted by atomic mass is 32.2. The first-order valence-electron chi connectivity index (χ1n) is 6.85. The van der Waals surface area contributed by atoms with Gasteiger partial charge in [-0.05, 0) is 25.7 Å². The standard InChI is InChI=1S/C14H20N2O2S/c1-3-11-15-9(2)12(14(17)18)13(16-11)19-8-10-6-4-5-7-10/h10H,3-8H2,1-2H3,(H,17,18). The van der Waals surface area contributed by atoms with Crippen LogP contribution in [0.25, 0.3) is 0 Å². The van der Waals surface area contributed by atoms with E-state index in [0.717, 1.165) is 18.0 Å². The largest absolute Gasteiger partial charge is 0.478 e. The lowest BCUT2D eigenvalue weighted by molar-refractivity contribution is 0.0690. The van der Waals surface area contributed by atoms with Gasteiger partial charge in [0, 0.05) is 12.2 Å². The number of thioether (sulfide) groups is 1. The first-order valence-corrected chi connectivity index (χ1v) is 7.84. The number of carboxylic acids is 1. The number of hydrogen-bond donors (Lipinski definition) is 1. The predicted molar refractivity (Wildman–Crippen MR) is 75.8 cm³/mol. The summed E-state index contributed by atoms with van der Waals surface area (Å²) in [5, 5.41) is 9.95. The normalized spacial score (nSPS) is 15.9. The summed E-state index contributed by atoms with van der Waals surface area (Å²) in [5.74, 6) is 1.50. The Bertz CT molecular complexity index is 471. The molecule has 0 aromatic carbocycles. The second-order valence-corrected chi connectivity index (χ2v) is 6.03. The van der Waals surface area contributed by atoms with Crippen LogP contribution in [0.5, 0.6) is 0 Å². The van der Waals surface area contributed by atoms with Crippen molar-refractivity contribution in [2.24, 2.45) is 5.92 Å². The van der Waals surface area contributed by atoms with Crippen molar-refractivity contribution >= 4 is 17.7 Å². The van der Waals surface area contributed by atoms with Gasteiger partial charge in [0.1, 0.15) is 16.4 Å². The molecule has 0 amide bonds. The summed E-state index contributed by atoms with van der Waals surface area (Å²) in [6, 6.07) is 0. The molecule has 1 aliphatic rings. The molecule has 1 fully saturated rings. The third kappa shape index (κ3) is 3.47. The van der Waals surface area contributed by atoms with E-state index in [9.17, 15) is 9.90 Å². The van der Waals surface area contributed by atoms with Crippen LogP contribution in [-0.2, 0) is 6.42 Å². The zero-order chi connectivity index (χ0) is 13.8. The summed E-state index contributed by atoms with van der Waals surface area (Å²) >= 11 is 1.58. The zero-order valence-electron chi connectivity index (χ0n) is 11.5. The molecule has 0 unspecified atom stereocenters. The molecule has 1 heterocycles. The van der Waals surface area contributed by atoms with Gasteiger partial charge in [0.25, 0.3) is 0 Å². The summed E-state index contributed by atoms with van der Waals surface area (Å²) < 4.78 is 0. The molecule has 1 aliphatic carbocycles. The van der Waals surface area contributed by atoms with Crippen LogP contribution in [0.15, 0.2) is 5.03 Å². The smallest absolute Gasteiger partial charge is 0.340 e. The van der Waals surface area contributed by atoms with Gasteiger partial charge in [0.05, 0.1) is 5.69 Å². The number of aryl methyl sites for hydroxylation is 2. The minimum absolute atomic E-state index is 0.278. The fraction of sp³-hybridized carbons (Fsp3) is 0.643. The maximum atomic E-state index is 11.3. The van der Waals surface area contributed by atoms with Crippen LogP contribution in [0.4, 0.5) is 0 Å². The minimum atomic E-state index is -0.922. The lowest BCUT2D eigenvalue weighted by atomic mass is 10.1. The average molecular weight is 280 g/mol. The minimum Gasteiger partial charge on any atom is -0.478 e. The number of aromatic carboxylic acids is 1. The van der Waals surface area contributed by atoms with Crippen molar-refractivity contribution < 1.29 is 9.90 Å². The monoisotopic (exact) mass is 280 g/mol. The molecule has 1 aromatic heterocycles. The van der Waals surface area contributed by atoms with E-state index in [0.29, 0.717) is 16.6 Å². The number of nitrogens with zero attached hydrogens (tertiary/aromatic N) is 2. The third-order valence-electron chi connectivity index (χ3n) is 3.56. The van der Waals surface area contributed by atoms with Crippen molar-refractivity contribution in [1.82, 2.24) is 9.97 Å².